The monoisotopic (exact) mass is 249 g/mol. The standard InChI is InChI=1S/C8H11NO4S2/c1-8(2,7(10)11)15(12,13)5-6-9-3-4-14-6/h3-4H,5H2,1-2H3,(H,10,11). The Hall–Kier alpha value is -0.950. The van der Waals surface area contributed by atoms with Gasteiger partial charge in [0.05, 0.1) is 0 Å². The Morgan fingerprint density at radius 3 is 2.60 bits per heavy atom. The van der Waals surface area contributed by atoms with Crippen LogP contribution in [0.15, 0.2) is 11.6 Å². The van der Waals surface area contributed by atoms with Crippen molar-refractivity contribution < 1.29 is 18.3 Å². The van der Waals surface area contributed by atoms with Crippen molar-refractivity contribution >= 4 is 27.1 Å². The predicted octanol–water partition coefficient (Wildman–Crippen LogP) is 0.921. The maximum Gasteiger partial charge on any atom is 0.324 e. The number of thiazole rings is 1. The van der Waals surface area contributed by atoms with E-state index in [1.54, 1.807) is 5.38 Å². The molecule has 1 rings (SSSR count). The predicted molar refractivity (Wildman–Crippen MR) is 56.5 cm³/mol. The summed E-state index contributed by atoms with van der Waals surface area (Å²) in [7, 11) is -3.73. The molecule has 0 atom stereocenters. The summed E-state index contributed by atoms with van der Waals surface area (Å²) in [6.07, 6.45) is 1.49. The fourth-order valence-electron chi connectivity index (χ4n) is 0.800. The lowest BCUT2D eigenvalue weighted by Crippen LogP contribution is -2.41. The third-order valence-electron chi connectivity index (χ3n) is 2.09. The topological polar surface area (TPSA) is 84.3 Å². The van der Waals surface area contributed by atoms with Crippen LogP contribution in [0, 0.1) is 0 Å². The number of aromatic nitrogens is 1. The van der Waals surface area contributed by atoms with Crippen molar-refractivity contribution in [2.75, 3.05) is 0 Å². The van der Waals surface area contributed by atoms with Crippen molar-refractivity contribution in [1.29, 1.82) is 0 Å². The molecule has 1 N–H and O–H groups in total. The highest BCUT2D eigenvalue weighted by molar-refractivity contribution is 7.92. The first kappa shape index (κ1) is 12.1. The van der Waals surface area contributed by atoms with Crippen molar-refractivity contribution in [2.24, 2.45) is 0 Å². The summed E-state index contributed by atoms with van der Waals surface area (Å²) in [5, 5.41) is 10.9. The van der Waals surface area contributed by atoms with Crippen LogP contribution >= 0.6 is 11.3 Å². The molecule has 15 heavy (non-hydrogen) atoms. The third kappa shape index (κ3) is 2.35. The lowest BCUT2D eigenvalue weighted by Gasteiger charge is -2.18. The zero-order valence-electron chi connectivity index (χ0n) is 8.30. The first-order chi connectivity index (χ1) is 6.77. The molecule has 0 aromatic carbocycles. The van der Waals surface area contributed by atoms with Gasteiger partial charge in [-0.05, 0) is 13.8 Å². The fraction of sp³-hybridized carbons (Fsp3) is 0.500. The molecule has 1 aromatic rings. The molecule has 1 aromatic heterocycles. The number of hydrogen-bond acceptors (Lipinski definition) is 5. The molecule has 0 bridgehead atoms. The number of carbonyl (C=O) groups is 1. The number of carboxylic acids is 1. The van der Waals surface area contributed by atoms with Crippen LogP contribution in [0.25, 0.3) is 0 Å². The summed E-state index contributed by atoms with van der Waals surface area (Å²) < 4.78 is 21.7. The molecule has 1 heterocycles. The first-order valence-electron chi connectivity index (χ1n) is 4.11. The van der Waals surface area contributed by atoms with Gasteiger partial charge in [0.15, 0.2) is 14.6 Å². The van der Waals surface area contributed by atoms with Gasteiger partial charge in [0, 0.05) is 11.6 Å². The quantitative estimate of drug-likeness (QED) is 0.857. The van der Waals surface area contributed by atoms with E-state index in [2.05, 4.69) is 4.98 Å². The molecule has 0 aliphatic rings. The molecular weight excluding hydrogens is 238 g/mol. The van der Waals surface area contributed by atoms with Crippen LogP contribution in [0.3, 0.4) is 0 Å². The third-order valence-corrected chi connectivity index (χ3v) is 5.43. The molecule has 0 saturated heterocycles. The molecule has 5 nitrogen and oxygen atoms in total. The molecule has 0 unspecified atom stereocenters. The zero-order valence-corrected chi connectivity index (χ0v) is 9.93. The summed E-state index contributed by atoms with van der Waals surface area (Å²) >= 11 is 1.19. The summed E-state index contributed by atoms with van der Waals surface area (Å²) in [6, 6.07) is 0. The number of sulfone groups is 1. The van der Waals surface area contributed by atoms with Crippen molar-refractivity contribution in [3.05, 3.63) is 16.6 Å². The highest BCUT2D eigenvalue weighted by Gasteiger charge is 2.42. The van der Waals surface area contributed by atoms with Gasteiger partial charge < -0.3 is 5.11 Å². The number of aliphatic carboxylic acids is 1. The van der Waals surface area contributed by atoms with Gasteiger partial charge in [0.2, 0.25) is 0 Å². The van der Waals surface area contributed by atoms with Crippen molar-refractivity contribution in [2.45, 2.75) is 24.3 Å². The van der Waals surface area contributed by atoms with Crippen molar-refractivity contribution in [3.8, 4) is 0 Å². The van der Waals surface area contributed by atoms with Crippen LogP contribution in [0.4, 0.5) is 0 Å². The molecule has 0 fully saturated rings. The first-order valence-corrected chi connectivity index (χ1v) is 6.64. The number of nitrogens with zero attached hydrogens (tertiary/aromatic N) is 1. The summed E-state index contributed by atoms with van der Waals surface area (Å²) in [5.74, 6) is -1.68. The van der Waals surface area contributed by atoms with Gasteiger partial charge in [-0.15, -0.1) is 11.3 Å². The van der Waals surface area contributed by atoms with Gasteiger partial charge in [-0.2, -0.15) is 0 Å². The summed E-state index contributed by atoms with van der Waals surface area (Å²) in [4.78, 5) is 14.6. The number of rotatable bonds is 4. The van der Waals surface area contributed by atoms with E-state index in [0.717, 1.165) is 0 Å². The average molecular weight is 249 g/mol. The average Bonchev–Trinajstić information content (AvgIpc) is 2.55. The Balaban J connectivity index is 2.99. The molecule has 0 radical (unpaired) electrons. The number of carboxylic acid groups (broad SMARTS) is 1. The van der Waals surface area contributed by atoms with Gasteiger partial charge in [0.25, 0.3) is 0 Å². The minimum absolute atomic E-state index is 0.329. The van der Waals surface area contributed by atoms with E-state index in [1.807, 2.05) is 0 Å². The van der Waals surface area contributed by atoms with Gasteiger partial charge in [-0.3, -0.25) is 4.79 Å². The fourth-order valence-corrected chi connectivity index (χ4v) is 2.96. The van der Waals surface area contributed by atoms with E-state index in [0.29, 0.717) is 5.01 Å². The smallest absolute Gasteiger partial charge is 0.324 e. The SMILES string of the molecule is CC(C)(C(=O)O)S(=O)(=O)Cc1nccs1. The van der Waals surface area contributed by atoms with Crippen molar-refractivity contribution in [3.63, 3.8) is 0 Å². The molecule has 0 aliphatic heterocycles. The largest absolute Gasteiger partial charge is 0.480 e. The van der Waals surface area contributed by atoms with E-state index in [9.17, 15) is 13.2 Å². The van der Waals surface area contributed by atoms with Gasteiger partial charge in [0.1, 0.15) is 10.8 Å². The Bertz CT molecular complexity index is 447. The second kappa shape index (κ2) is 3.90. The molecule has 0 aliphatic carbocycles. The normalized spacial score (nSPS) is 12.7. The maximum absolute atomic E-state index is 11.7. The van der Waals surface area contributed by atoms with E-state index in [-0.39, 0.29) is 5.75 Å². The zero-order chi connectivity index (χ0) is 11.7. The maximum atomic E-state index is 11.7. The van der Waals surface area contributed by atoms with Crippen LogP contribution in [0.1, 0.15) is 18.9 Å². The van der Waals surface area contributed by atoms with Crippen LogP contribution in [-0.2, 0) is 20.4 Å². The lowest BCUT2D eigenvalue weighted by molar-refractivity contribution is -0.139. The van der Waals surface area contributed by atoms with Crippen LogP contribution in [-0.4, -0.2) is 29.2 Å². The molecule has 0 saturated carbocycles. The van der Waals surface area contributed by atoms with Crippen LogP contribution < -0.4 is 0 Å². The number of hydrogen-bond donors (Lipinski definition) is 1. The summed E-state index contributed by atoms with van der Waals surface area (Å²) in [5.41, 5.74) is 0. The van der Waals surface area contributed by atoms with Crippen LogP contribution in [0.2, 0.25) is 0 Å². The Morgan fingerprint density at radius 1 is 1.60 bits per heavy atom. The molecule has 0 amide bonds. The minimum atomic E-state index is -3.73. The molecule has 7 heteroatoms. The molecule has 0 spiro atoms. The Morgan fingerprint density at radius 2 is 2.20 bits per heavy atom. The van der Waals surface area contributed by atoms with Crippen molar-refractivity contribution in [1.82, 2.24) is 4.98 Å². The van der Waals surface area contributed by atoms with E-state index >= 15 is 0 Å². The second-order valence-corrected chi connectivity index (χ2v) is 7.02. The highest BCUT2D eigenvalue weighted by Crippen LogP contribution is 2.22. The van der Waals surface area contributed by atoms with Crippen LogP contribution in [0.5, 0.6) is 0 Å². The van der Waals surface area contributed by atoms with E-state index in [4.69, 9.17) is 5.11 Å². The lowest BCUT2D eigenvalue weighted by atomic mass is 10.2. The summed E-state index contributed by atoms with van der Waals surface area (Å²) in [6.45, 7) is 2.36. The molecular formula is C8H11NO4S2. The minimum Gasteiger partial charge on any atom is -0.480 e. The highest BCUT2D eigenvalue weighted by atomic mass is 32.2. The van der Waals surface area contributed by atoms with Gasteiger partial charge >= 0.3 is 5.97 Å². The van der Waals surface area contributed by atoms with E-state index < -0.39 is 20.6 Å². The molecule has 84 valence electrons. The van der Waals surface area contributed by atoms with E-state index in [1.165, 1.54) is 31.4 Å². The Kier molecular flexibility index (Phi) is 3.15. The Labute approximate surface area is 91.7 Å². The second-order valence-electron chi connectivity index (χ2n) is 3.50. The van der Waals surface area contributed by atoms with Gasteiger partial charge in [-0.1, -0.05) is 0 Å². The van der Waals surface area contributed by atoms with Gasteiger partial charge in [-0.25, -0.2) is 13.4 Å².